The summed E-state index contributed by atoms with van der Waals surface area (Å²) in [6.45, 7) is 5.60. The lowest BCUT2D eigenvalue weighted by molar-refractivity contribution is 0.0941. The second kappa shape index (κ2) is 9.33. The average molecular weight is 464 g/mol. The van der Waals surface area contributed by atoms with Crippen molar-refractivity contribution in [3.05, 3.63) is 82.7 Å². The number of thiophene rings is 1. The van der Waals surface area contributed by atoms with Gasteiger partial charge in [0.25, 0.3) is 11.8 Å². The van der Waals surface area contributed by atoms with Crippen LogP contribution in [-0.4, -0.2) is 32.6 Å². The maximum absolute atomic E-state index is 13.4. The van der Waals surface area contributed by atoms with Gasteiger partial charge in [-0.3, -0.25) is 9.59 Å². The zero-order valence-corrected chi connectivity index (χ0v) is 19.1. The number of hydrogen-bond acceptors (Lipinski definition) is 5. The van der Waals surface area contributed by atoms with Gasteiger partial charge in [-0.1, -0.05) is 12.1 Å². The van der Waals surface area contributed by atoms with Crippen LogP contribution >= 0.6 is 11.3 Å². The van der Waals surface area contributed by atoms with Gasteiger partial charge in [-0.05, 0) is 74.2 Å². The highest BCUT2D eigenvalue weighted by Crippen LogP contribution is 2.26. The Labute approximate surface area is 194 Å². The van der Waals surface area contributed by atoms with Crippen LogP contribution in [0.3, 0.4) is 0 Å². The third-order valence-electron chi connectivity index (χ3n) is 4.78. The number of benzene rings is 2. The van der Waals surface area contributed by atoms with Gasteiger partial charge in [0.1, 0.15) is 5.82 Å². The first-order valence-electron chi connectivity index (χ1n) is 10.3. The number of aromatic nitrogens is 3. The van der Waals surface area contributed by atoms with Crippen molar-refractivity contribution in [3.63, 3.8) is 0 Å². The molecule has 2 amide bonds. The molecule has 0 atom stereocenters. The Bertz CT molecular complexity index is 1300. The highest BCUT2D eigenvalue weighted by atomic mass is 32.1. The molecule has 0 bridgehead atoms. The Hall–Kier alpha value is -3.85. The minimum absolute atomic E-state index is 0.00885. The van der Waals surface area contributed by atoms with E-state index >= 15 is 0 Å². The lowest BCUT2D eigenvalue weighted by atomic mass is 10.1. The molecule has 2 aromatic carbocycles. The summed E-state index contributed by atoms with van der Waals surface area (Å²) >= 11 is 1.45. The summed E-state index contributed by atoms with van der Waals surface area (Å²) in [5.41, 5.74) is 2.31. The predicted octanol–water partition coefficient (Wildman–Crippen LogP) is 4.83. The number of nitrogens with one attached hydrogen (secondary N) is 2. The van der Waals surface area contributed by atoms with Crippen molar-refractivity contribution in [2.24, 2.45) is 0 Å². The molecule has 0 aliphatic rings. The molecule has 0 saturated heterocycles. The Balaban J connectivity index is 1.65. The smallest absolute Gasteiger partial charge is 0.295 e. The predicted molar refractivity (Wildman–Crippen MR) is 126 cm³/mol. The zero-order chi connectivity index (χ0) is 23.5. The van der Waals surface area contributed by atoms with Crippen LogP contribution in [0.5, 0.6) is 0 Å². The summed E-state index contributed by atoms with van der Waals surface area (Å²) in [6.07, 6.45) is 0. The number of nitrogens with zero attached hydrogens (tertiary/aromatic N) is 3. The Kier molecular flexibility index (Phi) is 6.32. The van der Waals surface area contributed by atoms with Crippen molar-refractivity contribution >= 4 is 28.8 Å². The molecule has 2 N–H and O–H groups in total. The Morgan fingerprint density at radius 2 is 1.82 bits per heavy atom. The summed E-state index contributed by atoms with van der Waals surface area (Å²) in [7, 11) is 0. The van der Waals surface area contributed by atoms with Gasteiger partial charge >= 0.3 is 0 Å². The van der Waals surface area contributed by atoms with E-state index in [4.69, 9.17) is 0 Å². The number of rotatable bonds is 6. The standard InChI is InChI=1S/C24H22FN5O2S/c1-14(2)26-23(31)19-13-17(9-6-15(19)3)27-24(32)21-28-22(20-5-4-12-33-20)30(29-21)18-10-7-16(25)8-11-18/h4-14H,1-3H3,(H,26,31)(H,27,32). The molecule has 2 aromatic heterocycles. The summed E-state index contributed by atoms with van der Waals surface area (Å²) in [6, 6.07) is 14.6. The van der Waals surface area contributed by atoms with Gasteiger partial charge in [0, 0.05) is 17.3 Å². The molecule has 7 nitrogen and oxygen atoms in total. The van der Waals surface area contributed by atoms with Gasteiger partial charge in [0.2, 0.25) is 5.82 Å². The number of carbonyl (C=O) groups excluding carboxylic acids is 2. The third-order valence-corrected chi connectivity index (χ3v) is 5.65. The fraction of sp³-hybridized carbons (Fsp3) is 0.167. The molecule has 168 valence electrons. The molecule has 9 heteroatoms. The van der Waals surface area contributed by atoms with Crippen molar-refractivity contribution in [2.45, 2.75) is 26.8 Å². The quantitative estimate of drug-likeness (QED) is 0.429. The summed E-state index contributed by atoms with van der Waals surface area (Å²) < 4.78 is 14.9. The van der Waals surface area contributed by atoms with Gasteiger partial charge in [0.05, 0.1) is 10.6 Å². The summed E-state index contributed by atoms with van der Waals surface area (Å²) in [5.74, 6) is -0.671. The number of halogens is 1. The molecule has 0 unspecified atom stereocenters. The van der Waals surface area contributed by atoms with Crippen LogP contribution in [0, 0.1) is 12.7 Å². The van der Waals surface area contributed by atoms with Crippen molar-refractivity contribution in [1.82, 2.24) is 20.1 Å². The number of aryl methyl sites for hydroxylation is 1. The maximum Gasteiger partial charge on any atom is 0.295 e. The maximum atomic E-state index is 13.4. The van der Waals surface area contributed by atoms with E-state index in [-0.39, 0.29) is 23.6 Å². The van der Waals surface area contributed by atoms with Gasteiger partial charge < -0.3 is 10.6 Å². The fourth-order valence-corrected chi connectivity index (χ4v) is 3.91. The number of anilines is 1. The number of amides is 2. The highest BCUT2D eigenvalue weighted by molar-refractivity contribution is 7.13. The minimum Gasteiger partial charge on any atom is -0.350 e. The Morgan fingerprint density at radius 1 is 1.06 bits per heavy atom. The fourth-order valence-electron chi connectivity index (χ4n) is 3.21. The van der Waals surface area contributed by atoms with E-state index in [1.165, 1.54) is 28.2 Å². The highest BCUT2D eigenvalue weighted by Gasteiger charge is 2.20. The monoisotopic (exact) mass is 463 g/mol. The molecule has 0 saturated carbocycles. The van der Waals surface area contributed by atoms with Gasteiger partial charge in [-0.15, -0.1) is 16.4 Å². The third kappa shape index (κ3) is 4.98. The van der Waals surface area contributed by atoms with Crippen molar-refractivity contribution < 1.29 is 14.0 Å². The van der Waals surface area contributed by atoms with E-state index in [0.29, 0.717) is 22.8 Å². The van der Waals surface area contributed by atoms with E-state index in [2.05, 4.69) is 20.7 Å². The SMILES string of the molecule is Cc1ccc(NC(=O)c2nc(-c3cccs3)n(-c3ccc(F)cc3)n2)cc1C(=O)NC(C)C. The van der Waals surface area contributed by atoms with Gasteiger partial charge in [-0.25, -0.2) is 14.1 Å². The van der Waals surface area contributed by atoms with Crippen LogP contribution in [-0.2, 0) is 0 Å². The molecule has 4 aromatic rings. The van der Waals surface area contributed by atoms with Crippen molar-refractivity contribution in [2.75, 3.05) is 5.32 Å². The van der Waals surface area contributed by atoms with Crippen LogP contribution < -0.4 is 10.6 Å². The van der Waals surface area contributed by atoms with E-state index in [9.17, 15) is 14.0 Å². The average Bonchev–Trinajstić information content (AvgIpc) is 3.45. The van der Waals surface area contributed by atoms with Crippen molar-refractivity contribution in [1.29, 1.82) is 0 Å². The molecule has 0 spiro atoms. The molecule has 0 aliphatic carbocycles. The molecular formula is C24H22FN5O2S. The van der Waals surface area contributed by atoms with Crippen LogP contribution in [0.15, 0.2) is 60.0 Å². The summed E-state index contributed by atoms with van der Waals surface area (Å²) in [5, 5.41) is 11.9. The number of carbonyl (C=O) groups is 2. The topological polar surface area (TPSA) is 88.9 Å². The zero-order valence-electron chi connectivity index (χ0n) is 18.3. The van der Waals surface area contributed by atoms with E-state index in [1.54, 1.807) is 30.3 Å². The van der Waals surface area contributed by atoms with E-state index < -0.39 is 5.91 Å². The van der Waals surface area contributed by atoms with Gasteiger partial charge in [0.15, 0.2) is 5.82 Å². The van der Waals surface area contributed by atoms with E-state index in [1.807, 2.05) is 38.3 Å². The number of hydrogen-bond donors (Lipinski definition) is 2. The second-order valence-electron chi connectivity index (χ2n) is 7.74. The van der Waals surface area contributed by atoms with Gasteiger partial charge in [-0.2, -0.15) is 0 Å². The molecule has 0 aliphatic heterocycles. The van der Waals surface area contributed by atoms with Crippen molar-refractivity contribution in [3.8, 4) is 16.4 Å². The summed E-state index contributed by atoms with van der Waals surface area (Å²) in [4.78, 5) is 30.7. The van der Waals surface area contributed by atoms with Crippen LogP contribution in [0.25, 0.3) is 16.4 Å². The lowest BCUT2D eigenvalue weighted by Crippen LogP contribution is -2.30. The van der Waals surface area contributed by atoms with Crippen LogP contribution in [0.2, 0.25) is 0 Å². The van der Waals surface area contributed by atoms with E-state index in [0.717, 1.165) is 10.4 Å². The van der Waals surface area contributed by atoms with Crippen LogP contribution in [0.1, 0.15) is 40.4 Å². The normalized spacial score (nSPS) is 10.9. The molecule has 2 heterocycles. The molecule has 0 fully saturated rings. The molecule has 33 heavy (non-hydrogen) atoms. The first kappa shape index (κ1) is 22.3. The first-order valence-corrected chi connectivity index (χ1v) is 11.2. The molecule has 4 rings (SSSR count). The molecular weight excluding hydrogens is 441 g/mol. The van der Waals surface area contributed by atoms with Crippen LogP contribution in [0.4, 0.5) is 10.1 Å². The lowest BCUT2D eigenvalue weighted by Gasteiger charge is -2.12. The molecule has 0 radical (unpaired) electrons. The second-order valence-corrected chi connectivity index (χ2v) is 8.68. The first-order chi connectivity index (χ1) is 15.8. The minimum atomic E-state index is -0.521. The Morgan fingerprint density at radius 3 is 2.48 bits per heavy atom. The largest absolute Gasteiger partial charge is 0.350 e.